The van der Waals surface area contributed by atoms with Gasteiger partial charge in [-0.1, -0.05) is 43.6 Å². The molecule has 0 aliphatic heterocycles. The smallest absolute Gasteiger partial charge is 0.00704 e. The van der Waals surface area contributed by atoms with Crippen LogP contribution in [0.15, 0.2) is 0 Å². The predicted octanol–water partition coefficient (Wildman–Crippen LogP) is 4.48. The first kappa shape index (κ1) is 11.0. The summed E-state index contributed by atoms with van der Waals surface area (Å²) in [6.07, 6.45) is 4.40. The topological polar surface area (TPSA) is 0 Å². The van der Waals surface area contributed by atoms with Gasteiger partial charge in [0.25, 0.3) is 0 Å². The van der Waals surface area contributed by atoms with E-state index in [1.54, 1.807) is 0 Å². The summed E-state index contributed by atoms with van der Waals surface area (Å²) < 4.78 is 0. The molecule has 0 heterocycles. The molecule has 2 saturated carbocycles. The van der Waals surface area contributed by atoms with Gasteiger partial charge >= 0.3 is 0 Å². The Bertz CT molecular complexity index is 221. The second kappa shape index (κ2) is 3.23. The molecule has 3 atom stereocenters. The third-order valence-corrected chi connectivity index (χ3v) is 5.77. The summed E-state index contributed by atoms with van der Waals surface area (Å²) in [5.74, 6) is 2.82. The van der Waals surface area contributed by atoms with Crippen molar-refractivity contribution >= 4 is 15.9 Å². The maximum absolute atomic E-state index is 3.70. The minimum Gasteiger partial charge on any atom is -0.0925 e. The highest BCUT2D eigenvalue weighted by atomic mass is 79.9. The van der Waals surface area contributed by atoms with Crippen molar-refractivity contribution in [3.63, 3.8) is 0 Å². The van der Waals surface area contributed by atoms with Gasteiger partial charge in [-0.05, 0) is 47.8 Å². The van der Waals surface area contributed by atoms with Crippen molar-refractivity contribution < 1.29 is 0 Å². The van der Waals surface area contributed by atoms with Gasteiger partial charge in [0.05, 0.1) is 0 Å². The fraction of sp³-hybridized carbons (Fsp3) is 1.00. The number of hydrogen-bond acceptors (Lipinski definition) is 0. The fourth-order valence-corrected chi connectivity index (χ4v) is 5.82. The van der Waals surface area contributed by atoms with Gasteiger partial charge in [-0.2, -0.15) is 0 Å². The molecule has 0 N–H and O–H groups in total. The Morgan fingerprint density at radius 2 is 1.64 bits per heavy atom. The van der Waals surface area contributed by atoms with Crippen LogP contribution in [0.1, 0.15) is 47.0 Å². The molecule has 0 amide bonds. The summed E-state index contributed by atoms with van der Waals surface area (Å²) in [6.45, 7) is 9.83. The lowest BCUT2D eigenvalue weighted by atomic mass is 9.71. The van der Waals surface area contributed by atoms with Crippen LogP contribution in [0.25, 0.3) is 0 Å². The maximum atomic E-state index is 3.70. The van der Waals surface area contributed by atoms with Gasteiger partial charge in [-0.15, -0.1) is 0 Å². The molecular formula is C13H23Br. The lowest BCUT2D eigenvalue weighted by Crippen LogP contribution is -2.24. The lowest BCUT2D eigenvalue weighted by Gasteiger charge is -2.34. The summed E-state index contributed by atoms with van der Waals surface area (Å²) in [4.78, 5) is 0. The zero-order valence-electron chi connectivity index (χ0n) is 9.94. The van der Waals surface area contributed by atoms with Gasteiger partial charge in [0, 0.05) is 5.33 Å². The highest BCUT2D eigenvalue weighted by Crippen LogP contribution is 2.76. The molecule has 82 valence electrons. The molecular weight excluding hydrogens is 236 g/mol. The number of rotatable bonds is 1. The van der Waals surface area contributed by atoms with E-state index < -0.39 is 0 Å². The van der Waals surface area contributed by atoms with Crippen LogP contribution in [0.5, 0.6) is 0 Å². The molecule has 0 bridgehead atoms. The van der Waals surface area contributed by atoms with Crippen LogP contribution in [0.4, 0.5) is 0 Å². The summed E-state index contributed by atoms with van der Waals surface area (Å²) in [7, 11) is 0. The molecule has 0 aromatic heterocycles. The number of halogens is 1. The standard InChI is InChI=1S/C13H23Br/c1-9-5-10(2)7-13(6-9)11(8-14)12(13,3)4/h9-11H,5-8H2,1-4H3. The molecule has 2 rings (SSSR count). The summed E-state index contributed by atoms with van der Waals surface area (Å²) in [5.41, 5.74) is 1.28. The third-order valence-electron chi connectivity index (χ3n) is 5.12. The number of alkyl halides is 1. The minimum atomic E-state index is 0.597. The van der Waals surface area contributed by atoms with E-state index >= 15 is 0 Å². The quantitative estimate of drug-likeness (QED) is 0.609. The molecule has 2 fully saturated rings. The molecule has 2 aliphatic carbocycles. The van der Waals surface area contributed by atoms with Crippen molar-refractivity contribution in [1.82, 2.24) is 0 Å². The van der Waals surface area contributed by atoms with Gasteiger partial charge in [0.2, 0.25) is 0 Å². The molecule has 3 unspecified atom stereocenters. The van der Waals surface area contributed by atoms with Crippen LogP contribution >= 0.6 is 15.9 Å². The van der Waals surface area contributed by atoms with Crippen molar-refractivity contribution in [3.8, 4) is 0 Å². The monoisotopic (exact) mass is 258 g/mol. The minimum absolute atomic E-state index is 0.597. The normalized spacial score (nSPS) is 50.8. The average Bonchev–Trinajstić information content (AvgIpc) is 2.43. The van der Waals surface area contributed by atoms with Crippen molar-refractivity contribution in [3.05, 3.63) is 0 Å². The zero-order valence-corrected chi connectivity index (χ0v) is 11.5. The molecule has 0 saturated heterocycles. The summed E-state index contributed by atoms with van der Waals surface area (Å²) in [6, 6.07) is 0. The SMILES string of the molecule is CC1CC(C)CC2(C1)C(CBr)C2(C)C. The first-order valence-corrected chi connectivity index (χ1v) is 7.12. The lowest BCUT2D eigenvalue weighted by molar-refractivity contribution is 0.160. The molecule has 1 heteroatoms. The van der Waals surface area contributed by atoms with Crippen molar-refractivity contribution in [2.24, 2.45) is 28.6 Å². The van der Waals surface area contributed by atoms with Crippen molar-refractivity contribution in [1.29, 1.82) is 0 Å². The van der Waals surface area contributed by atoms with E-state index in [1.165, 1.54) is 24.6 Å². The van der Waals surface area contributed by atoms with E-state index in [-0.39, 0.29) is 0 Å². The fourth-order valence-electron chi connectivity index (χ4n) is 4.39. The van der Waals surface area contributed by atoms with E-state index in [0.717, 1.165) is 17.8 Å². The predicted molar refractivity (Wildman–Crippen MR) is 65.7 cm³/mol. The summed E-state index contributed by atoms with van der Waals surface area (Å²) in [5, 5.41) is 1.21. The van der Waals surface area contributed by atoms with Crippen LogP contribution in [-0.4, -0.2) is 5.33 Å². The van der Waals surface area contributed by atoms with Gasteiger partial charge in [-0.3, -0.25) is 0 Å². The maximum Gasteiger partial charge on any atom is 0.00704 e. The largest absolute Gasteiger partial charge is 0.0925 e. The number of hydrogen-bond donors (Lipinski definition) is 0. The van der Waals surface area contributed by atoms with Gasteiger partial charge < -0.3 is 0 Å². The molecule has 0 aromatic rings. The highest BCUT2D eigenvalue weighted by Gasteiger charge is 2.70. The van der Waals surface area contributed by atoms with Crippen LogP contribution in [0.3, 0.4) is 0 Å². The Kier molecular flexibility index (Phi) is 2.54. The highest BCUT2D eigenvalue weighted by molar-refractivity contribution is 9.09. The van der Waals surface area contributed by atoms with Crippen LogP contribution in [0.2, 0.25) is 0 Å². The van der Waals surface area contributed by atoms with Gasteiger partial charge in [0.1, 0.15) is 0 Å². The van der Waals surface area contributed by atoms with E-state index in [0.29, 0.717) is 10.8 Å². The first-order valence-electron chi connectivity index (χ1n) is 6.00. The van der Waals surface area contributed by atoms with E-state index in [2.05, 4.69) is 43.6 Å². The van der Waals surface area contributed by atoms with Crippen molar-refractivity contribution in [2.75, 3.05) is 5.33 Å². The Labute approximate surface area is 97.0 Å². The Balaban J connectivity index is 2.17. The second-order valence-electron chi connectivity index (χ2n) is 6.44. The second-order valence-corrected chi connectivity index (χ2v) is 7.09. The van der Waals surface area contributed by atoms with Gasteiger partial charge in [-0.25, -0.2) is 0 Å². The Morgan fingerprint density at radius 3 is 2.00 bits per heavy atom. The average molecular weight is 259 g/mol. The molecule has 0 radical (unpaired) electrons. The van der Waals surface area contributed by atoms with Gasteiger partial charge in [0.15, 0.2) is 0 Å². The molecule has 1 spiro atoms. The Hall–Kier alpha value is 0.480. The van der Waals surface area contributed by atoms with Crippen LogP contribution in [-0.2, 0) is 0 Å². The Morgan fingerprint density at radius 1 is 1.14 bits per heavy atom. The molecule has 0 nitrogen and oxygen atoms in total. The first-order chi connectivity index (χ1) is 6.44. The van der Waals surface area contributed by atoms with E-state index in [9.17, 15) is 0 Å². The van der Waals surface area contributed by atoms with E-state index in [4.69, 9.17) is 0 Å². The molecule has 2 aliphatic rings. The molecule has 14 heavy (non-hydrogen) atoms. The van der Waals surface area contributed by atoms with Crippen molar-refractivity contribution in [2.45, 2.75) is 47.0 Å². The zero-order chi connectivity index (χ0) is 10.6. The van der Waals surface area contributed by atoms with Crippen LogP contribution < -0.4 is 0 Å². The third kappa shape index (κ3) is 1.31. The summed E-state index contributed by atoms with van der Waals surface area (Å²) >= 11 is 3.70. The van der Waals surface area contributed by atoms with E-state index in [1.807, 2.05) is 0 Å². The van der Waals surface area contributed by atoms with Crippen LogP contribution in [0, 0.1) is 28.6 Å². The molecule has 0 aromatic carbocycles.